The highest BCUT2D eigenvalue weighted by Crippen LogP contribution is 2.32. The molecule has 1 unspecified atom stereocenters. The smallest absolute Gasteiger partial charge is 0.247 e. The normalized spacial score (nSPS) is 15.6. The van der Waals surface area contributed by atoms with Gasteiger partial charge in [0, 0.05) is 23.1 Å². The largest absolute Gasteiger partial charge is 0.454 e. The lowest BCUT2D eigenvalue weighted by Crippen LogP contribution is -2.51. The first-order valence-electron chi connectivity index (χ1n) is 10.3. The lowest BCUT2D eigenvalue weighted by atomic mass is 10.0. The van der Waals surface area contributed by atoms with Gasteiger partial charge in [-0.3, -0.25) is 9.59 Å². The summed E-state index contributed by atoms with van der Waals surface area (Å²) in [6.07, 6.45) is 0.807. The molecule has 0 spiro atoms. The molecule has 0 aliphatic carbocycles. The fourth-order valence-corrected chi connectivity index (χ4v) is 4.27. The van der Waals surface area contributed by atoms with Gasteiger partial charge in [0.1, 0.15) is 6.04 Å². The van der Waals surface area contributed by atoms with Crippen molar-refractivity contribution in [3.63, 3.8) is 0 Å². The van der Waals surface area contributed by atoms with Crippen LogP contribution in [0.25, 0.3) is 10.9 Å². The zero-order chi connectivity index (χ0) is 21.4. The Balaban J connectivity index is 1.24. The average Bonchev–Trinajstić information content (AvgIpc) is 3.40. The predicted molar refractivity (Wildman–Crippen MR) is 113 cm³/mol. The van der Waals surface area contributed by atoms with Gasteiger partial charge in [-0.2, -0.15) is 0 Å². The van der Waals surface area contributed by atoms with Crippen molar-refractivity contribution in [2.24, 2.45) is 0 Å². The molecule has 3 N–H and O–H groups in total. The Morgan fingerprint density at radius 3 is 2.87 bits per heavy atom. The lowest BCUT2D eigenvalue weighted by molar-refractivity contribution is -0.138. The van der Waals surface area contributed by atoms with Gasteiger partial charge >= 0.3 is 0 Å². The Morgan fingerprint density at radius 2 is 2.00 bits per heavy atom. The molecular weight excluding hydrogens is 398 g/mol. The Morgan fingerprint density at radius 1 is 1.16 bits per heavy atom. The summed E-state index contributed by atoms with van der Waals surface area (Å²) in [7, 11) is 0. The molecule has 8 nitrogen and oxygen atoms in total. The van der Waals surface area contributed by atoms with Crippen molar-refractivity contribution in [3.8, 4) is 11.5 Å². The maximum absolute atomic E-state index is 13.0. The quantitative estimate of drug-likeness (QED) is 0.579. The first-order chi connectivity index (χ1) is 15.1. The molecule has 0 saturated carbocycles. The molecule has 2 aliphatic heterocycles. The van der Waals surface area contributed by atoms with Crippen molar-refractivity contribution < 1.29 is 24.2 Å². The van der Waals surface area contributed by atoms with Crippen molar-refractivity contribution in [2.75, 3.05) is 19.9 Å². The number of carbonyl (C=O) groups is 2. The van der Waals surface area contributed by atoms with Crippen LogP contribution in [0, 0.1) is 0 Å². The van der Waals surface area contributed by atoms with Crippen LogP contribution in [-0.2, 0) is 29.0 Å². The molecule has 5 rings (SSSR count). The van der Waals surface area contributed by atoms with Crippen molar-refractivity contribution in [1.82, 2.24) is 15.2 Å². The van der Waals surface area contributed by atoms with Crippen LogP contribution in [0.1, 0.15) is 16.8 Å². The molecule has 0 fully saturated rings. The summed E-state index contributed by atoms with van der Waals surface area (Å²) in [5, 5.41) is 13.6. The van der Waals surface area contributed by atoms with Crippen LogP contribution >= 0.6 is 0 Å². The van der Waals surface area contributed by atoms with Crippen LogP contribution in [0.3, 0.4) is 0 Å². The SMILES string of the molecule is O=C(Cc1ccc2c(c1)OCO2)NC(CO)C(=O)N1CCc2c([nH]c3ccccc23)C1. The van der Waals surface area contributed by atoms with Crippen LogP contribution in [0.2, 0.25) is 0 Å². The van der Waals surface area contributed by atoms with Crippen LogP contribution in [0.5, 0.6) is 11.5 Å². The molecule has 3 aromatic rings. The first kappa shape index (κ1) is 19.4. The van der Waals surface area contributed by atoms with E-state index in [4.69, 9.17) is 9.47 Å². The summed E-state index contributed by atoms with van der Waals surface area (Å²) >= 11 is 0. The fraction of sp³-hybridized carbons (Fsp3) is 0.304. The van der Waals surface area contributed by atoms with Gasteiger partial charge in [-0.05, 0) is 35.7 Å². The third-order valence-corrected chi connectivity index (χ3v) is 5.81. The minimum Gasteiger partial charge on any atom is -0.454 e. The molecule has 0 bridgehead atoms. The number of amides is 2. The van der Waals surface area contributed by atoms with Gasteiger partial charge < -0.3 is 29.8 Å². The van der Waals surface area contributed by atoms with E-state index in [1.807, 2.05) is 18.2 Å². The molecule has 2 aromatic carbocycles. The maximum atomic E-state index is 13.0. The molecule has 8 heteroatoms. The molecule has 0 radical (unpaired) electrons. The number of fused-ring (bicyclic) bond motifs is 4. The average molecular weight is 421 g/mol. The van der Waals surface area contributed by atoms with E-state index < -0.39 is 12.6 Å². The van der Waals surface area contributed by atoms with Gasteiger partial charge in [-0.15, -0.1) is 0 Å². The Labute approximate surface area is 178 Å². The number of hydrogen-bond acceptors (Lipinski definition) is 5. The Bertz CT molecular complexity index is 1160. The number of rotatable bonds is 5. The van der Waals surface area contributed by atoms with Crippen molar-refractivity contribution in [3.05, 3.63) is 59.3 Å². The second-order valence-electron chi connectivity index (χ2n) is 7.80. The molecule has 160 valence electrons. The van der Waals surface area contributed by atoms with E-state index in [1.54, 1.807) is 23.1 Å². The topological polar surface area (TPSA) is 104 Å². The predicted octanol–water partition coefficient (Wildman–Crippen LogP) is 1.50. The van der Waals surface area contributed by atoms with E-state index in [9.17, 15) is 14.7 Å². The summed E-state index contributed by atoms with van der Waals surface area (Å²) < 4.78 is 10.6. The van der Waals surface area contributed by atoms with Crippen molar-refractivity contribution in [2.45, 2.75) is 25.4 Å². The number of ether oxygens (including phenoxy) is 2. The number of hydrogen-bond donors (Lipinski definition) is 3. The fourth-order valence-electron chi connectivity index (χ4n) is 4.27. The number of aromatic nitrogens is 1. The lowest BCUT2D eigenvalue weighted by Gasteiger charge is -2.30. The van der Waals surface area contributed by atoms with Gasteiger partial charge in [-0.1, -0.05) is 24.3 Å². The van der Waals surface area contributed by atoms with Crippen molar-refractivity contribution >= 4 is 22.7 Å². The van der Waals surface area contributed by atoms with E-state index in [2.05, 4.69) is 16.4 Å². The van der Waals surface area contributed by atoms with Crippen molar-refractivity contribution in [1.29, 1.82) is 0 Å². The van der Waals surface area contributed by atoms with E-state index >= 15 is 0 Å². The highest BCUT2D eigenvalue weighted by Gasteiger charge is 2.29. The zero-order valence-corrected chi connectivity index (χ0v) is 16.9. The molecule has 31 heavy (non-hydrogen) atoms. The van der Waals surface area contributed by atoms with Gasteiger partial charge in [0.2, 0.25) is 18.6 Å². The monoisotopic (exact) mass is 421 g/mol. The highest BCUT2D eigenvalue weighted by molar-refractivity contribution is 5.90. The van der Waals surface area contributed by atoms with Crippen LogP contribution in [-0.4, -0.2) is 52.8 Å². The third-order valence-electron chi connectivity index (χ3n) is 5.81. The number of nitrogens with one attached hydrogen (secondary N) is 2. The number of aliphatic hydroxyl groups excluding tert-OH is 1. The van der Waals surface area contributed by atoms with E-state index in [0.717, 1.165) is 23.2 Å². The standard InChI is InChI=1S/C23H23N3O5/c27-12-19(25-22(28)10-14-5-6-20-21(9-14)31-13-30-20)23(29)26-8-7-16-15-3-1-2-4-17(15)24-18(16)11-26/h1-6,9,19,24,27H,7-8,10-13H2,(H,25,28). The summed E-state index contributed by atoms with van der Waals surface area (Å²) in [5.41, 5.74) is 4.03. The minimum atomic E-state index is -0.979. The minimum absolute atomic E-state index is 0.0760. The highest BCUT2D eigenvalue weighted by atomic mass is 16.7. The number of aromatic amines is 1. The number of aliphatic hydroxyl groups is 1. The Hall–Kier alpha value is -3.52. The van der Waals surface area contributed by atoms with Crippen LogP contribution in [0.4, 0.5) is 0 Å². The summed E-state index contributed by atoms with van der Waals surface area (Å²) in [6, 6.07) is 12.4. The molecule has 0 saturated heterocycles. The van der Waals surface area contributed by atoms with Crippen LogP contribution < -0.4 is 14.8 Å². The zero-order valence-electron chi connectivity index (χ0n) is 16.9. The molecule has 2 amide bonds. The van der Waals surface area contributed by atoms with E-state index in [1.165, 1.54) is 10.9 Å². The number of benzene rings is 2. The van der Waals surface area contributed by atoms with Gasteiger partial charge in [0.15, 0.2) is 11.5 Å². The summed E-state index contributed by atoms with van der Waals surface area (Å²) in [4.78, 5) is 30.6. The number of nitrogens with zero attached hydrogens (tertiary/aromatic N) is 1. The molecule has 2 aliphatic rings. The second kappa shape index (κ2) is 7.96. The van der Waals surface area contributed by atoms with Gasteiger partial charge in [0.05, 0.1) is 19.6 Å². The molecule has 1 atom stereocenters. The third kappa shape index (κ3) is 3.70. The summed E-state index contributed by atoms with van der Waals surface area (Å²) in [6.45, 7) is 0.682. The van der Waals surface area contributed by atoms with Gasteiger partial charge in [0.25, 0.3) is 0 Å². The second-order valence-corrected chi connectivity index (χ2v) is 7.80. The summed E-state index contributed by atoms with van der Waals surface area (Å²) in [5.74, 6) is 0.622. The van der Waals surface area contributed by atoms with Gasteiger partial charge in [-0.25, -0.2) is 0 Å². The molecule has 3 heterocycles. The maximum Gasteiger partial charge on any atom is 0.247 e. The Kier molecular flexibility index (Phi) is 4.99. The van der Waals surface area contributed by atoms with E-state index in [0.29, 0.717) is 24.6 Å². The number of para-hydroxylation sites is 1. The van der Waals surface area contributed by atoms with E-state index in [-0.39, 0.29) is 25.0 Å². The molecular formula is C23H23N3O5. The van der Waals surface area contributed by atoms with Crippen LogP contribution in [0.15, 0.2) is 42.5 Å². The number of carbonyl (C=O) groups excluding carboxylic acids is 2. The first-order valence-corrected chi connectivity index (χ1v) is 10.3. The number of H-pyrrole nitrogens is 1. The molecule has 1 aromatic heterocycles.